The van der Waals surface area contributed by atoms with E-state index < -0.39 is 0 Å². The SMILES string of the molecule is CCCCCOc1ccc2c(c1)N=Cc1[nH]c(c(CC)c1C)Cc1[nH]c(c(CC)c1CC)Cc1[nH]c(c(C)c1CC)C=N2. The fourth-order valence-electron chi connectivity index (χ4n) is 6.78. The van der Waals surface area contributed by atoms with E-state index in [4.69, 9.17) is 14.7 Å². The Morgan fingerprint density at radius 1 is 0.628 bits per heavy atom. The maximum Gasteiger partial charge on any atom is 0.121 e. The quantitative estimate of drug-likeness (QED) is 0.150. The summed E-state index contributed by atoms with van der Waals surface area (Å²) in [6.45, 7) is 16.4. The number of rotatable bonds is 9. The Labute approximate surface area is 257 Å². The van der Waals surface area contributed by atoms with E-state index in [0.29, 0.717) is 6.61 Å². The van der Waals surface area contributed by atoms with Gasteiger partial charge in [-0.25, -0.2) is 0 Å². The number of nitrogens with zero attached hydrogens (tertiary/aromatic N) is 2. The summed E-state index contributed by atoms with van der Waals surface area (Å²) in [6.07, 6.45) is 13.1. The molecule has 3 aromatic heterocycles. The first-order chi connectivity index (χ1) is 20.9. The van der Waals surface area contributed by atoms with E-state index in [2.05, 4.69) is 63.4 Å². The van der Waals surface area contributed by atoms with Gasteiger partial charge in [-0.2, -0.15) is 0 Å². The molecule has 0 unspecified atom stereocenters. The largest absolute Gasteiger partial charge is 0.494 e. The standard InChI is InChI=1S/C37H49N5O/c1-8-13-14-17-43-25-15-16-30-35(18-25)39-22-37-24(7)27(10-3)32(42-37)20-34-29(12-5)28(11-4)33(40-34)19-31-26(9-2)23(6)36(41-31)21-38-30/h15-16,18,21-22,40-42H,8-14,17,19-20H2,1-7H3. The number of ether oxygens (including phenoxy) is 1. The van der Waals surface area contributed by atoms with Crippen LogP contribution in [0, 0.1) is 13.8 Å². The average Bonchev–Trinajstić information content (AvgIpc) is 3.61. The van der Waals surface area contributed by atoms with Gasteiger partial charge in [0.25, 0.3) is 0 Å². The lowest BCUT2D eigenvalue weighted by atomic mass is 9.98. The highest BCUT2D eigenvalue weighted by atomic mass is 16.5. The van der Waals surface area contributed by atoms with E-state index in [-0.39, 0.29) is 0 Å². The van der Waals surface area contributed by atoms with Gasteiger partial charge in [-0.3, -0.25) is 9.98 Å². The van der Waals surface area contributed by atoms with E-state index in [1.54, 1.807) is 0 Å². The molecule has 0 fully saturated rings. The number of nitrogens with one attached hydrogen (secondary N) is 3. The van der Waals surface area contributed by atoms with E-state index in [9.17, 15) is 0 Å². The van der Waals surface area contributed by atoms with Crippen LogP contribution in [0.5, 0.6) is 5.75 Å². The van der Waals surface area contributed by atoms with Crippen LogP contribution in [0.25, 0.3) is 0 Å². The van der Waals surface area contributed by atoms with Crippen LogP contribution in [0.2, 0.25) is 0 Å². The normalized spacial score (nSPS) is 12.9. The molecule has 1 aliphatic rings. The maximum absolute atomic E-state index is 6.10. The lowest BCUT2D eigenvalue weighted by Crippen LogP contribution is -1.98. The van der Waals surface area contributed by atoms with Crippen molar-refractivity contribution < 1.29 is 4.74 Å². The van der Waals surface area contributed by atoms with Crippen molar-refractivity contribution in [2.45, 2.75) is 106 Å². The fourth-order valence-corrected chi connectivity index (χ4v) is 6.78. The van der Waals surface area contributed by atoms with E-state index >= 15 is 0 Å². The van der Waals surface area contributed by atoms with Crippen molar-refractivity contribution in [1.82, 2.24) is 15.0 Å². The molecule has 43 heavy (non-hydrogen) atoms. The average molecular weight is 580 g/mol. The van der Waals surface area contributed by atoms with Crippen molar-refractivity contribution in [3.8, 4) is 5.75 Å². The third-order valence-corrected chi connectivity index (χ3v) is 9.16. The molecule has 0 saturated heterocycles. The first kappa shape index (κ1) is 30.7. The summed E-state index contributed by atoms with van der Waals surface area (Å²) in [4.78, 5) is 21.4. The van der Waals surface area contributed by atoms with Crippen molar-refractivity contribution >= 4 is 23.8 Å². The van der Waals surface area contributed by atoms with Gasteiger partial charge in [0.15, 0.2) is 0 Å². The predicted octanol–water partition coefficient (Wildman–Crippen LogP) is 9.10. The van der Waals surface area contributed by atoms with E-state index in [1.807, 2.05) is 30.6 Å². The van der Waals surface area contributed by atoms with Gasteiger partial charge in [-0.15, -0.1) is 0 Å². The number of aromatic amines is 3. The lowest BCUT2D eigenvalue weighted by molar-refractivity contribution is 0.306. The number of fused-ring (bicyclic) bond motifs is 7. The van der Waals surface area contributed by atoms with Crippen LogP contribution in [0.4, 0.5) is 11.4 Å². The van der Waals surface area contributed by atoms with Crippen LogP contribution in [-0.4, -0.2) is 34.0 Å². The van der Waals surface area contributed by atoms with Gasteiger partial charge >= 0.3 is 0 Å². The number of aromatic nitrogens is 3. The first-order valence-corrected chi connectivity index (χ1v) is 16.4. The van der Waals surface area contributed by atoms with Gasteiger partial charge in [0.05, 0.1) is 41.8 Å². The molecule has 0 aliphatic carbocycles. The molecule has 3 N–H and O–H groups in total. The molecule has 1 aromatic carbocycles. The van der Waals surface area contributed by atoms with Gasteiger partial charge in [-0.1, -0.05) is 47.5 Å². The fraction of sp³-hybridized carbons (Fsp3) is 0.459. The molecule has 0 radical (unpaired) electrons. The molecule has 0 amide bonds. The van der Waals surface area contributed by atoms with Crippen LogP contribution in [0.3, 0.4) is 0 Å². The van der Waals surface area contributed by atoms with Crippen LogP contribution >= 0.6 is 0 Å². The third-order valence-electron chi connectivity index (χ3n) is 9.16. The van der Waals surface area contributed by atoms with Crippen molar-refractivity contribution in [1.29, 1.82) is 0 Å². The van der Waals surface area contributed by atoms with Gasteiger partial charge in [0, 0.05) is 41.7 Å². The Morgan fingerprint density at radius 3 is 1.65 bits per heavy atom. The lowest BCUT2D eigenvalue weighted by Gasteiger charge is -2.08. The second-order valence-electron chi connectivity index (χ2n) is 11.8. The molecule has 6 heteroatoms. The van der Waals surface area contributed by atoms with Gasteiger partial charge in [-0.05, 0) is 91.5 Å². The first-order valence-electron chi connectivity index (χ1n) is 16.4. The molecule has 4 heterocycles. The minimum absolute atomic E-state index is 0.711. The number of unbranched alkanes of at least 4 members (excludes halogenated alkanes) is 2. The Kier molecular flexibility index (Phi) is 9.74. The van der Waals surface area contributed by atoms with Crippen molar-refractivity contribution in [3.63, 3.8) is 0 Å². The summed E-state index contributed by atoms with van der Waals surface area (Å²) in [5.74, 6) is 0.832. The Balaban J connectivity index is 1.66. The Morgan fingerprint density at radius 2 is 1.14 bits per heavy atom. The second kappa shape index (κ2) is 13.7. The number of hydrogen-bond donors (Lipinski definition) is 3. The molecule has 228 valence electrons. The monoisotopic (exact) mass is 579 g/mol. The molecule has 0 spiro atoms. The van der Waals surface area contributed by atoms with Gasteiger partial charge < -0.3 is 19.7 Å². The zero-order chi connectivity index (χ0) is 30.5. The van der Waals surface area contributed by atoms with Crippen LogP contribution in [0.15, 0.2) is 28.2 Å². The summed E-state index contributed by atoms with van der Waals surface area (Å²) in [7, 11) is 0. The van der Waals surface area contributed by atoms with Crippen LogP contribution in [0.1, 0.15) is 121 Å². The van der Waals surface area contributed by atoms with Gasteiger partial charge in [0.1, 0.15) is 5.75 Å². The van der Waals surface area contributed by atoms with Crippen molar-refractivity contribution in [3.05, 3.63) is 85.7 Å². The Hall–Kier alpha value is -3.80. The van der Waals surface area contributed by atoms with Gasteiger partial charge in [0.2, 0.25) is 0 Å². The highest BCUT2D eigenvalue weighted by molar-refractivity contribution is 5.87. The Bertz CT molecular complexity index is 1630. The molecule has 4 aromatic rings. The smallest absolute Gasteiger partial charge is 0.121 e. The molecular formula is C37H49N5O. The summed E-state index contributed by atoms with van der Waals surface area (Å²) >= 11 is 0. The number of benzene rings is 1. The molecule has 0 atom stereocenters. The maximum atomic E-state index is 6.10. The zero-order valence-electron chi connectivity index (χ0n) is 27.3. The molecule has 5 rings (SSSR count). The molecule has 0 saturated carbocycles. The summed E-state index contributed by atoms with van der Waals surface area (Å²) < 4.78 is 6.10. The zero-order valence-corrected chi connectivity index (χ0v) is 27.3. The molecule has 6 nitrogen and oxygen atoms in total. The summed E-state index contributed by atoms with van der Waals surface area (Å²) in [6, 6.07) is 6.06. The van der Waals surface area contributed by atoms with Crippen LogP contribution < -0.4 is 4.74 Å². The number of hydrogen-bond acceptors (Lipinski definition) is 3. The van der Waals surface area contributed by atoms with Crippen molar-refractivity contribution in [2.24, 2.45) is 9.98 Å². The van der Waals surface area contributed by atoms with Crippen molar-refractivity contribution in [2.75, 3.05) is 6.61 Å². The minimum Gasteiger partial charge on any atom is -0.494 e. The minimum atomic E-state index is 0.711. The number of aliphatic imine (C=N–C) groups is 2. The van der Waals surface area contributed by atoms with E-state index in [0.717, 1.165) is 73.5 Å². The highest BCUT2D eigenvalue weighted by Crippen LogP contribution is 2.34. The summed E-state index contributed by atoms with van der Waals surface area (Å²) in [5, 5.41) is 0. The summed E-state index contributed by atoms with van der Waals surface area (Å²) in [5.41, 5.74) is 17.2. The topological polar surface area (TPSA) is 81.3 Å². The number of H-pyrrole nitrogens is 3. The molecule has 1 aliphatic heterocycles. The van der Waals surface area contributed by atoms with Crippen LogP contribution in [-0.2, 0) is 38.5 Å². The third kappa shape index (κ3) is 6.29. The predicted molar refractivity (Wildman–Crippen MR) is 181 cm³/mol. The molecule has 6 bridgehead atoms. The second-order valence-corrected chi connectivity index (χ2v) is 11.8. The van der Waals surface area contributed by atoms with E-state index in [1.165, 1.54) is 69.0 Å². The highest BCUT2D eigenvalue weighted by Gasteiger charge is 2.21. The molecular weight excluding hydrogens is 530 g/mol.